The minimum Gasteiger partial charge on any atom is -0.376 e. The van der Waals surface area contributed by atoms with Gasteiger partial charge in [-0.3, -0.25) is 4.79 Å². The molecule has 0 radical (unpaired) electrons. The van der Waals surface area contributed by atoms with Crippen molar-refractivity contribution >= 4 is 17.0 Å². The first kappa shape index (κ1) is 17.5. The van der Waals surface area contributed by atoms with Crippen LogP contribution in [0.15, 0.2) is 10.6 Å². The van der Waals surface area contributed by atoms with E-state index in [2.05, 4.69) is 22.4 Å². The van der Waals surface area contributed by atoms with Gasteiger partial charge in [-0.2, -0.15) is 0 Å². The zero-order chi connectivity index (χ0) is 18.1. The van der Waals surface area contributed by atoms with Gasteiger partial charge in [0, 0.05) is 18.2 Å². The normalized spacial score (nSPS) is 23.3. The molecule has 0 saturated heterocycles. The van der Waals surface area contributed by atoms with Crippen LogP contribution in [0.4, 0.5) is 0 Å². The fourth-order valence-corrected chi connectivity index (χ4v) is 3.88. The number of amides is 1. The van der Waals surface area contributed by atoms with Gasteiger partial charge in [0.15, 0.2) is 0 Å². The van der Waals surface area contributed by atoms with Gasteiger partial charge in [0.25, 0.3) is 11.6 Å². The van der Waals surface area contributed by atoms with E-state index in [1.54, 1.807) is 0 Å². The highest BCUT2D eigenvalue weighted by atomic mass is 16.5. The third kappa shape index (κ3) is 3.61. The number of rotatable bonds is 6. The first-order valence-corrected chi connectivity index (χ1v) is 9.80. The van der Waals surface area contributed by atoms with E-state index in [0.717, 1.165) is 25.0 Å². The maximum Gasteiger partial charge on any atom is 0.259 e. The molecule has 2 aliphatic rings. The van der Waals surface area contributed by atoms with E-state index >= 15 is 0 Å². The Labute approximate surface area is 153 Å². The molecule has 6 heteroatoms. The zero-order valence-electron chi connectivity index (χ0n) is 15.6. The van der Waals surface area contributed by atoms with Crippen LogP contribution in [0.2, 0.25) is 0 Å². The van der Waals surface area contributed by atoms with E-state index in [-0.39, 0.29) is 5.91 Å². The molecule has 2 atom stereocenters. The molecule has 0 bridgehead atoms. The second-order valence-electron chi connectivity index (χ2n) is 7.74. The van der Waals surface area contributed by atoms with Crippen LogP contribution >= 0.6 is 0 Å². The number of carbonyl (C=O) groups excluding carboxylic acids is 1. The lowest BCUT2D eigenvalue weighted by Gasteiger charge is -2.28. The van der Waals surface area contributed by atoms with Gasteiger partial charge in [-0.25, -0.2) is 4.98 Å². The number of aromatic nitrogens is 2. The minimum atomic E-state index is -0.106. The van der Waals surface area contributed by atoms with Crippen molar-refractivity contribution in [1.82, 2.24) is 15.5 Å². The quantitative estimate of drug-likeness (QED) is 0.797. The second-order valence-corrected chi connectivity index (χ2v) is 7.74. The molecule has 0 unspecified atom stereocenters. The van der Waals surface area contributed by atoms with E-state index in [0.29, 0.717) is 53.4 Å². The maximum atomic E-state index is 12.8. The fraction of sp³-hybridized carbons (Fsp3) is 0.650. The third-order valence-electron chi connectivity index (χ3n) is 5.63. The van der Waals surface area contributed by atoms with Crippen LogP contribution < -0.4 is 5.32 Å². The van der Waals surface area contributed by atoms with Crippen molar-refractivity contribution in [2.45, 2.75) is 64.4 Å². The highest BCUT2D eigenvalue weighted by Crippen LogP contribution is 2.40. The number of ether oxygens (including phenoxy) is 1. The Hall–Kier alpha value is -1.95. The molecular weight excluding hydrogens is 330 g/mol. The molecule has 0 aromatic carbocycles. The second kappa shape index (κ2) is 7.35. The summed E-state index contributed by atoms with van der Waals surface area (Å²) in [5.74, 6) is 0.957. The molecule has 2 aromatic rings. The van der Waals surface area contributed by atoms with E-state index < -0.39 is 0 Å². The third-order valence-corrected chi connectivity index (χ3v) is 5.63. The summed E-state index contributed by atoms with van der Waals surface area (Å²) in [7, 11) is 0. The Morgan fingerprint density at radius 2 is 2.12 bits per heavy atom. The molecular formula is C20H27N3O3. The van der Waals surface area contributed by atoms with Crippen LogP contribution in [-0.4, -0.2) is 35.3 Å². The Morgan fingerprint density at radius 1 is 1.31 bits per heavy atom. The average Bonchev–Trinajstić information content (AvgIpc) is 3.43. The Morgan fingerprint density at radius 3 is 2.88 bits per heavy atom. The summed E-state index contributed by atoms with van der Waals surface area (Å²) < 4.78 is 11.3. The fourth-order valence-electron chi connectivity index (χ4n) is 3.88. The highest BCUT2D eigenvalue weighted by Gasteiger charge is 2.28. The average molecular weight is 357 g/mol. The van der Waals surface area contributed by atoms with Gasteiger partial charge in [0.1, 0.15) is 0 Å². The number of nitrogens with zero attached hydrogens (tertiary/aromatic N) is 2. The van der Waals surface area contributed by atoms with Crippen LogP contribution in [0, 0.1) is 12.8 Å². The summed E-state index contributed by atoms with van der Waals surface area (Å²) in [5.41, 5.74) is 2.71. The van der Waals surface area contributed by atoms with Gasteiger partial charge < -0.3 is 14.6 Å². The van der Waals surface area contributed by atoms with Crippen LogP contribution in [-0.2, 0) is 4.74 Å². The maximum absolute atomic E-state index is 12.8. The first-order chi connectivity index (χ1) is 12.6. The van der Waals surface area contributed by atoms with Crippen molar-refractivity contribution in [3.8, 4) is 0 Å². The van der Waals surface area contributed by atoms with Gasteiger partial charge >= 0.3 is 0 Å². The summed E-state index contributed by atoms with van der Waals surface area (Å²) in [6, 6.07) is 1.91. The largest absolute Gasteiger partial charge is 0.376 e. The summed E-state index contributed by atoms with van der Waals surface area (Å²) >= 11 is 0. The van der Waals surface area contributed by atoms with E-state index in [9.17, 15) is 4.79 Å². The first-order valence-electron chi connectivity index (χ1n) is 9.80. The standard InChI is InChI=1S/C20H27N3O3/c1-12-5-3-4-6-17(12)25-10-9-21-19(24)15-11-16(14-7-8-14)22-20-18(15)13(2)23-26-20/h11-12,14,17H,3-10H2,1-2H3,(H,21,24)/t12-,17+/m0/s1. The van der Waals surface area contributed by atoms with Crippen molar-refractivity contribution < 1.29 is 14.1 Å². The lowest BCUT2D eigenvalue weighted by atomic mass is 9.88. The monoisotopic (exact) mass is 357 g/mol. The SMILES string of the molecule is Cc1noc2nc(C3CC3)cc(C(=O)NCCO[C@@H]3CCCC[C@@H]3C)c12. The van der Waals surface area contributed by atoms with Crippen molar-refractivity contribution in [2.75, 3.05) is 13.2 Å². The minimum absolute atomic E-state index is 0.106. The van der Waals surface area contributed by atoms with E-state index in [4.69, 9.17) is 9.26 Å². The number of hydrogen-bond donors (Lipinski definition) is 1. The van der Waals surface area contributed by atoms with E-state index in [1.807, 2.05) is 13.0 Å². The number of hydrogen-bond acceptors (Lipinski definition) is 5. The molecule has 6 nitrogen and oxygen atoms in total. The molecule has 1 N–H and O–H groups in total. The van der Waals surface area contributed by atoms with Crippen LogP contribution in [0.25, 0.3) is 11.1 Å². The zero-order valence-corrected chi connectivity index (χ0v) is 15.6. The molecule has 2 aliphatic carbocycles. The molecule has 2 aromatic heterocycles. The molecule has 2 heterocycles. The predicted molar refractivity (Wildman–Crippen MR) is 98.2 cm³/mol. The van der Waals surface area contributed by atoms with Gasteiger partial charge in [-0.05, 0) is 44.6 Å². The molecule has 2 saturated carbocycles. The molecule has 26 heavy (non-hydrogen) atoms. The summed E-state index contributed by atoms with van der Waals surface area (Å²) in [4.78, 5) is 17.3. The molecule has 140 valence electrons. The van der Waals surface area contributed by atoms with Crippen molar-refractivity contribution in [3.63, 3.8) is 0 Å². The Balaban J connectivity index is 1.40. The molecule has 1 amide bonds. The van der Waals surface area contributed by atoms with Gasteiger partial charge in [0.2, 0.25) is 0 Å². The Kier molecular flexibility index (Phi) is 4.94. The Bertz CT molecular complexity index is 797. The van der Waals surface area contributed by atoms with Gasteiger partial charge in [0.05, 0.1) is 29.4 Å². The molecule has 0 spiro atoms. The lowest BCUT2D eigenvalue weighted by molar-refractivity contribution is -0.00293. The lowest BCUT2D eigenvalue weighted by Crippen LogP contribution is -2.32. The van der Waals surface area contributed by atoms with Crippen LogP contribution in [0.5, 0.6) is 0 Å². The van der Waals surface area contributed by atoms with Gasteiger partial charge in [-0.15, -0.1) is 0 Å². The smallest absolute Gasteiger partial charge is 0.259 e. The number of nitrogens with one attached hydrogen (secondary N) is 1. The van der Waals surface area contributed by atoms with Crippen molar-refractivity contribution in [1.29, 1.82) is 0 Å². The molecule has 0 aliphatic heterocycles. The highest BCUT2D eigenvalue weighted by molar-refractivity contribution is 6.06. The number of carbonyl (C=O) groups is 1. The molecule has 2 fully saturated rings. The topological polar surface area (TPSA) is 77.2 Å². The summed E-state index contributed by atoms with van der Waals surface area (Å²) in [5, 5.41) is 7.69. The number of fused-ring (bicyclic) bond motifs is 1. The predicted octanol–water partition coefficient (Wildman–Crippen LogP) is 3.73. The number of aryl methyl sites for hydroxylation is 1. The van der Waals surface area contributed by atoms with Crippen molar-refractivity contribution in [2.24, 2.45) is 5.92 Å². The van der Waals surface area contributed by atoms with Crippen LogP contribution in [0.3, 0.4) is 0 Å². The number of pyridine rings is 1. The summed E-state index contributed by atoms with van der Waals surface area (Å²) in [6.45, 7) is 5.15. The molecule has 4 rings (SSSR count). The van der Waals surface area contributed by atoms with Crippen LogP contribution in [0.1, 0.15) is 73.1 Å². The van der Waals surface area contributed by atoms with E-state index in [1.165, 1.54) is 19.3 Å². The van der Waals surface area contributed by atoms with Crippen molar-refractivity contribution in [3.05, 3.63) is 23.0 Å². The van der Waals surface area contributed by atoms with Gasteiger partial charge in [-0.1, -0.05) is 24.9 Å². The summed E-state index contributed by atoms with van der Waals surface area (Å²) in [6.07, 6.45) is 7.49.